The molecule has 1 aromatic carbocycles. The van der Waals surface area contributed by atoms with Crippen LogP contribution in [0.5, 0.6) is 5.75 Å². The van der Waals surface area contributed by atoms with Crippen LogP contribution in [-0.4, -0.2) is 10.8 Å². The highest BCUT2D eigenvalue weighted by Gasteiger charge is 2.19. The fraction of sp³-hybridized carbons (Fsp3) is 0.308. The molecule has 0 aliphatic carbocycles. The van der Waals surface area contributed by atoms with Crippen molar-refractivity contribution < 1.29 is 9.53 Å². The molecule has 0 amide bonds. The number of benzene rings is 1. The second kappa shape index (κ2) is 5.17. The standard InChI is InChI=1S/C13H15ClO2/c1-4-10-5-7-11(8-6-10)16-12(15)9-13(2,3)14/h4-8H,1,9H2,2-3H3. The smallest absolute Gasteiger partial charge is 0.312 e. The molecule has 0 heterocycles. The lowest BCUT2D eigenvalue weighted by molar-refractivity contribution is -0.134. The Morgan fingerprint density at radius 1 is 1.44 bits per heavy atom. The molecule has 0 aromatic heterocycles. The molecule has 1 rings (SSSR count). The molecule has 0 saturated heterocycles. The predicted octanol–water partition coefficient (Wildman–Crippen LogP) is 3.64. The van der Waals surface area contributed by atoms with Crippen LogP contribution in [0.4, 0.5) is 0 Å². The lowest BCUT2D eigenvalue weighted by atomic mass is 10.1. The molecular weight excluding hydrogens is 224 g/mol. The Kier molecular flexibility index (Phi) is 4.13. The van der Waals surface area contributed by atoms with Crippen LogP contribution in [0.25, 0.3) is 6.08 Å². The van der Waals surface area contributed by atoms with E-state index >= 15 is 0 Å². The molecule has 1 aromatic rings. The van der Waals surface area contributed by atoms with Crippen molar-refractivity contribution in [2.24, 2.45) is 0 Å². The highest BCUT2D eigenvalue weighted by atomic mass is 35.5. The van der Waals surface area contributed by atoms with E-state index in [2.05, 4.69) is 6.58 Å². The normalized spacial score (nSPS) is 10.9. The highest BCUT2D eigenvalue weighted by molar-refractivity contribution is 6.24. The minimum atomic E-state index is -0.571. The average molecular weight is 239 g/mol. The van der Waals surface area contributed by atoms with Gasteiger partial charge in [0.05, 0.1) is 6.42 Å². The van der Waals surface area contributed by atoms with Crippen LogP contribution in [0.15, 0.2) is 30.8 Å². The Hall–Kier alpha value is -1.28. The Bertz CT molecular complexity index is 374. The van der Waals surface area contributed by atoms with Crippen LogP contribution < -0.4 is 4.74 Å². The number of ether oxygens (including phenoxy) is 1. The van der Waals surface area contributed by atoms with Crippen LogP contribution >= 0.6 is 11.6 Å². The second-order valence-electron chi connectivity index (χ2n) is 4.14. The van der Waals surface area contributed by atoms with E-state index in [0.29, 0.717) is 5.75 Å². The Labute approximate surface area is 101 Å². The zero-order chi connectivity index (χ0) is 12.2. The monoisotopic (exact) mass is 238 g/mol. The molecule has 0 atom stereocenters. The molecule has 0 unspecified atom stereocenters. The molecule has 0 fully saturated rings. The van der Waals surface area contributed by atoms with Crippen molar-refractivity contribution in [1.82, 2.24) is 0 Å². The van der Waals surface area contributed by atoms with Crippen LogP contribution in [0.3, 0.4) is 0 Å². The fourth-order valence-electron chi connectivity index (χ4n) is 1.18. The summed E-state index contributed by atoms with van der Waals surface area (Å²) in [5.41, 5.74) is 0.984. The predicted molar refractivity (Wildman–Crippen MR) is 66.7 cm³/mol. The Balaban J connectivity index is 2.59. The summed E-state index contributed by atoms with van der Waals surface area (Å²) >= 11 is 5.93. The summed E-state index contributed by atoms with van der Waals surface area (Å²) in [5.74, 6) is 0.197. The minimum absolute atomic E-state index is 0.178. The maximum atomic E-state index is 11.5. The average Bonchev–Trinajstić information content (AvgIpc) is 2.16. The highest BCUT2D eigenvalue weighted by Crippen LogP contribution is 2.20. The van der Waals surface area contributed by atoms with Gasteiger partial charge in [-0.05, 0) is 31.5 Å². The second-order valence-corrected chi connectivity index (χ2v) is 5.17. The van der Waals surface area contributed by atoms with Crippen LogP contribution in [-0.2, 0) is 4.79 Å². The van der Waals surface area contributed by atoms with E-state index in [4.69, 9.17) is 16.3 Å². The summed E-state index contributed by atoms with van der Waals surface area (Å²) in [5, 5.41) is 0. The molecule has 0 saturated carbocycles. The number of alkyl halides is 1. The molecule has 3 heteroatoms. The molecule has 0 spiro atoms. The summed E-state index contributed by atoms with van der Waals surface area (Å²) in [7, 11) is 0. The van der Waals surface area contributed by atoms with Gasteiger partial charge in [0, 0.05) is 4.87 Å². The maximum Gasteiger partial charge on any atom is 0.312 e. The zero-order valence-corrected chi connectivity index (χ0v) is 10.3. The largest absolute Gasteiger partial charge is 0.426 e. The quantitative estimate of drug-likeness (QED) is 0.455. The van der Waals surface area contributed by atoms with Gasteiger partial charge in [-0.25, -0.2) is 0 Å². The van der Waals surface area contributed by atoms with Crippen molar-refractivity contribution in [2.45, 2.75) is 25.1 Å². The van der Waals surface area contributed by atoms with Gasteiger partial charge in [-0.2, -0.15) is 0 Å². The van der Waals surface area contributed by atoms with E-state index in [1.807, 2.05) is 12.1 Å². The third kappa shape index (κ3) is 4.49. The van der Waals surface area contributed by atoms with Crippen LogP contribution in [0, 0.1) is 0 Å². The summed E-state index contributed by atoms with van der Waals surface area (Å²) in [6.45, 7) is 7.19. The van der Waals surface area contributed by atoms with Gasteiger partial charge in [0.2, 0.25) is 0 Å². The van der Waals surface area contributed by atoms with Gasteiger partial charge >= 0.3 is 5.97 Å². The first kappa shape index (κ1) is 12.8. The maximum absolute atomic E-state index is 11.5. The number of carbonyl (C=O) groups excluding carboxylic acids is 1. The summed E-state index contributed by atoms with van der Waals surface area (Å²) in [4.78, 5) is 10.9. The number of carbonyl (C=O) groups is 1. The van der Waals surface area contributed by atoms with Crippen molar-refractivity contribution in [3.05, 3.63) is 36.4 Å². The zero-order valence-electron chi connectivity index (χ0n) is 9.50. The first-order valence-electron chi connectivity index (χ1n) is 5.03. The Morgan fingerprint density at radius 2 is 2.00 bits per heavy atom. The number of halogens is 1. The van der Waals surface area contributed by atoms with E-state index < -0.39 is 4.87 Å². The van der Waals surface area contributed by atoms with Gasteiger partial charge < -0.3 is 4.74 Å². The summed E-state index contributed by atoms with van der Waals surface area (Å²) in [6.07, 6.45) is 1.91. The molecule has 0 aliphatic heterocycles. The molecule has 0 aliphatic rings. The molecular formula is C13H15ClO2. The Morgan fingerprint density at radius 3 is 2.44 bits per heavy atom. The first-order chi connectivity index (χ1) is 7.40. The van der Waals surface area contributed by atoms with Gasteiger partial charge in [-0.15, -0.1) is 11.6 Å². The van der Waals surface area contributed by atoms with E-state index in [1.54, 1.807) is 32.1 Å². The van der Waals surface area contributed by atoms with E-state index in [0.717, 1.165) is 5.56 Å². The van der Waals surface area contributed by atoms with Crippen molar-refractivity contribution >= 4 is 23.6 Å². The van der Waals surface area contributed by atoms with E-state index in [-0.39, 0.29) is 12.4 Å². The molecule has 2 nitrogen and oxygen atoms in total. The topological polar surface area (TPSA) is 26.3 Å². The SMILES string of the molecule is C=Cc1ccc(OC(=O)CC(C)(C)Cl)cc1. The van der Waals surface area contributed by atoms with Gasteiger partial charge in [-0.1, -0.05) is 24.8 Å². The van der Waals surface area contributed by atoms with Gasteiger partial charge in [0.15, 0.2) is 0 Å². The third-order valence-electron chi connectivity index (χ3n) is 1.91. The van der Waals surface area contributed by atoms with Gasteiger partial charge in [-0.3, -0.25) is 4.79 Å². The molecule has 86 valence electrons. The number of esters is 1. The van der Waals surface area contributed by atoms with Crippen LogP contribution in [0.1, 0.15) is 25.8 Å². The lowest BCUT2D eigenvalue weighted by Gasteiger charge is -2.14. The molecule has 0 bridgehead atoms. The number of rotatable bonds is 4. The lowest BCUT2D eigenvalue weighted by Crippen LogP contribution is -2.20. The third-order valence-corrected chi connectivity index (χ3v) is 2.05. The van der Waals surface area contributed by atoms with Gasteiger partial charge in [0.1, 0.15) is 5.75 Å². The van der Waals surface area contributed by atoms with Crippen molar-refractivity contribution in [3.8, 4) is 5.75 Å². The fourth-order valence-corrected chi connectivity index (χ4v) is 1.29. The molecule has 0 radical (unpaired) electrons. The first-order valence-corrected chi connectivity index (χ1v) is 5.40. The summed E-state index contributed by atoms with van der Waals surface area (Å²) in [6, 6.07) is 7.13. The van der Waals surface area contributed by atoms with Crippen molar-refractivity contribution in [3.63, 3.8) is 0 Å². The molecule has 0 N–H and O–H groups in total. The van der Waals surface area contributed by atoms with Gasteiger partial charge in [0.25, 0.3) is 0 Å². The number of hydrogen-bond donors (Lipinski definition) is 0. The minimum Gasteiger partial charge on any atom is -0.426 e. The summed E-state index contributed by atoms with van der Waals surface area (Å²) < 4.78 is 5.13. The van der Waals surface area contributed by atoms with E-state index in [1.165, 1.54) is 0 Å². The van der Waals surface area contributed by atoms with Crippen molar-refractivity contribution in [2.75, 3.05) is 0 Å². The number of hydrogen-bond acceptors (Lipinski definition) is 2. The van der Waals surface area contributed by atoms with E-state index in [9.17, 15) is 4.79 Å². The van der Waals surface area contributed by atoms with Crippen molar-refractivity contribution in [1.29, 1.82) is 0 Å². The molecule has 16 heavy (non-hydrogen) atoms. The van der Waals surface area contributed by atoms with Crippen LogP contribution in [0.2, 0.25) is 0 Å².